The van der Waals surface area contributed by atoms with Gasteiger partial charge in [-0.1, -0.05) is 17.7 Å². The van der Waals surface area contributed by atoms with E-state index in [1.54, 1.807) is 6.07 Å². The van der Waals surface area contributed by atoms with Crippen LogP contribution < -0.4 is 4.90 Å². The third kappa shape index (κ3) is 4.24. The minimum atomic E-state index is -0.497. The van der Waals surface area contributed by atoms with Crippen molar-refractivity contribution in [2.45, 2.75) is 13.8 Å². The van der Waals surface area contributed by atoms with Crippen LogP contribution in [0.2, 0.25) is 0 Å². The van der Waals surface area contributed by atoms with Crippen LogP contribution in [0.15, 0.2) is 48.2 Å². The summed E-state index contributed by atoms with van der Waals surface area (Å²) in [5.41, 5.74) is 3.33. The standard InChI is InChI=1S/C24H26N4O5/c1-16-3-8-20(17(2)15-16)27-23(30)21(18-4-6-19(7-5-18)28(32)33)22(24(27)31)26-11-9-25(10-12-26)13-14-29/h3-8,15,29H,9-14H2,1-2H3. The third-order valence-electron chi connectivity index (χ3n) is 6.12. The van der Waals surface area contributed by atoms with E-state index in [4.69, 9.17) is 0 Å². The van der Waals surface area contributed by atoms with Gasteiger partial charge < -0.3 is 10.0 Å². The molecule has 9 heteroatoms. The Balaban J connectivity index is 1.76. The number of piperazine rings is 1. The number of nitrogens with zero attached hydrogens (tertiary/aromatic N) is 4. The highest BCUT2D eigenvalue weighted by atomic mass is 16.6. The van der Waals surface area contributed by atoms with Crippen molar-refractivity contribution in [1.82, 2.24) is 9.80 Å². The summed E-state index contributed by atoms with van der Waals surface area (Å²) in [6, 6.07) is 11.3. The van der Waals surface area contributed by atoms with Crippen molar-refractivity contribution in [2.24, 2.45) is 0 Å². The van der Waals surface area contributed by atoms with Crippen LogP contribution >= 0.6 is 0 Å². The second kappa shape index (κ2) is 9.13. The summed E-state index contributed by atoms with van der Waals surface area (Å²) in [6.07, 6.45) is 0. The fourth-order valence-electron chi connectivity index (χ4n) is 4.43. The van der Waals surface area contributed by atoms with Crippen LogP contribution in [-0.2, 0) is 9.59 Å². The number of anilines is 1. The van der Waals surface area contributed by atoms with Crippen LogP contribution in [0.25, 0.3) is 5.57 Å². The Bertz CT molecular complexity index is 1130. The van der Waals surface area contributed by atoms with E-state index in [-0.39, 0.29) is 17.9 Å². The van der Waals surface area contributed by atoms with Crippen LogP contribution in [0, 0.1) is 24.0 Å². The molecule has 9 nitrogen and oxygen atoms in total. The van der Waals surface area contributed by atoms with Gasteiger partial charge in [0.15, 0.2) is 0 Å². The van der Waals surface area contributed by atoms with E-state index < -0.39 is 16.7 Å². The number of carbonyl (C=O) groups excluding carboxylic acids is 2. The van der Waals surface area contributed by atoms with Gasteiger partial charge in [0.05, 0.1) is 22.8 Å². The predicted molar refractivity (Wildman–Crippen MR) is 124 cm³/mol. The van der Waals surface area contributed by atoms with Crippen molar-refractivity contribution in [1.29, 1.82) is 0 Å². The molecule has 172 valence electrons. The largest absolute Gasteiger partial charge is 0.395 e. The molecule has 0 spiro atoms. The molecule has 2 heterocycles. The number of hydrogen-bond donors (Lipinski definition) is 1. The molecular formula is C24H26N4O5. The molecule has 2 aliphatic heterocycles. The summed E-state index contributed by atoms with van der Waals surface area (Å²) in [7, 11) is 0. The average Bonchev–Trinajstić information content (AvgIpc) is 3.05. The topological polar surface area (TPSA) is 107 Å². The van der Waals surface area contributed by atoms with Crippen molar-refractivity contribution in [3.63, 3.8) is 0 Å². The summed E-state index contributed by atoms with van der Waals surface area (Å²) >= 11 is 0. The molecular weight excluding hydrogens is 424 g/mol. The zero-order valence-electron chi connectivity index (χ0n) is 18.7. The Labute approximate surface area is 191 Å². The van der Waals surface area contributed by atoms with Gasteiger partial charge in [-0.25, -0.2) is 4.90 Å². The number of imide groups is 1. The summed E-state index contributed by atoms with van der Waals surface area (Å²) in [6.45, 7) is 6.81. The Morgan fingerprint density at radius 1 is 0.970 bits per heavy atom. The number of nitro groups is 1. The molecule has 0 saturated carbocycles. The highest BCUT2D eigenvalue weighted by molar-refractivity contribution is 6.45. The monoisotopic (exact) mass is 450 g/mol. The lowest BCUT2D eigenvalue weighted by Gasteiger charge is -2.36. The Hall–Kier alpha value is -3.56. The number of amides is 2. The fourth-order valence-corrected chi connectivity index (χ4v) is 4.43. The van der Waals surface area contributed by atoms with Crippen molar-refractivity contribution < 1.29 is 19.6 Å². The van der Waals surface area contributed by atoms with E-state index in [0.29, 0.717) is 49.7 Å². The zero-order chi connectivity index (χ0) is 23.7. The number of aryl methyl sites for hydroxylation is 2. The molecule has 2 amide bonds. The number of benzene rings is 2. The highest BCUT2D eigenvalue weighted by Crippen LogP contribution is 2.37. The molecule has 0 aromatic heterocycles. The first-order valence-electron chi connectivity index (χ1n) is 10.8. The minimum Gasteiger partial charge on any atom is -0.395 e. The molecule has 0 radical (unpaired) electrons. The number of aliphatic hydroxyl groups is 1. The molecule has 2 aliphatic rings. The van der Waals surface area contributed by atoms with Crippen LogP contribution in [0.1, 0.15) is 16.7 Å². The molecule has 2 aromatic carbocycles. The first-order valence-corrected chi connectivity index (χ1v) is 10.8. The lowest BCUT2D eigenvalue weighted by Crippen LogP contribution is -2.48. The van der Waals surface area contributed by atoms with Crippen molar-refractivity contribution >= 4 is 28.8 Å². The van der Waals surface area contributed by atoms with Gasteiger partial charge in [-0.3, -0.25) is 24.6 Å². The lowest BCUT2D eigenvalue weighted by atomic mass is 10.0. The molecule has 33 heavy (non-hydrogen) atoms. The van der Waals surface area contributed by atoms with Crippen molar-refractivity contribution in [2.75, 3.05) is 44.2 Å². The van der Waals surface area contributed by atoms with Crippen molar-refractivity contribution in [3.05, 3.63) is 75.0 Å². The van der Waals surface area contributed by atoms with Gasteiger partial charge in [0.25, 0.3) is 17.5 Å². The summed E-state index contributed by atoms with van der Waals surface area (Å²) < 4.78 is 0. The molecule has 4 rings (SSSR count). The normalized spacial score (nSPS) is 17.3. The van der Waals surface area contributed by atoms with E-state index in [2.05, 4.69) is 4.90 Å². The minimum absolute atomic E-state index is 0.0641. The molecule has 0 aliphatic carbocycles. The quantitative estimate of drug-likeness (QED) is 0.408. The van der Waals surface area contributed by atoms with Crippen LogP contribution in [0.5, 0.6) is 0 Å². The van der Waals surface area contributed by atoms with E-state index in [0.717, 1.165) is 11.1 Å². The van der Waals surface area contributed by atoms with Crippen molar-refractivity contribution in [3.8, 4) is 0 Å². The Kier molecular flexibility index (Phi) is 6.26. The molecule has 1 saturated heterocycles. The van der Waals surface area contributed by atoms with Crippen LogP contribution in [-0.4, -0.2) is 71.0 Å². The molecule has 0 atom stereocenters. The van der Waals surface area contributed by atoms with E-state index >= 15 is 0 Å². The number of nitro benzene ring substituents is 1. The van der Waals surface area contributed by atoms with E-state index in [1.807, 2.05) is 30.9 Å². The highest BCUT2D eigenvalue weighted by Gasteiger charge is 2.43. The molecule has 1 fully saturated rings. The van der Waals surface area contributed by atoms with E-state index in [9.17, 15) is 24.8 Å². The van der Waals surface area contributed by atoms with Gasteiger partial charge in [0.1, 0.15) is 5.70 Å². The summed E-state index contributed by atoms with van der Waals surface area (Å²) in [4.78, 5) is 43.1. The maximum Gasteiger partial charge on any atom is 0.282 e. The number of non-ortho nitro benzene ring substituents is 1. The molecule has 0 bridgehead atoms. The maximum atomic E-state index is 13.7. The predicted octanol–water partition coefficient (Wildman–Crippen LogP) is 2.11. The SMILES string of the molecule is Cc1ccc(N2C(=O)C(c3ccc([N+](=O)[O-])cc3)=C(N3CCN(CCO)CC3)C2=O)c(C)c1. The fraction of sp³-hybridized carbons (Fsp3) is 0.333. The van der Waals surface area contributed by atoms with Gasteiger partial charge in [-0.05, 0) is 43.2 Å². The smallest absolute Gasteiger partial charge is 0.282 e. The van der Waals surface area contributed by atoms with Crippen LogP contribution in [0.4, 0.5) is 11.4 Å². The lowest BCUT2D eigenvalue weighted by molar-refractivity contribution is -0.384. The van der Waals surface area contributed by atoms with Gasteiger partial charge in [-0.15, -0.1) is 0 Å². The second-order valence-corrected chi connectivity index (χ2v) is 8.32. The number of β-amino-alcohol motifs (C(OH)–C–C–N with tert-alkyl or cyclic N) is 1. The molecule has 0 unspecified atom stereocenters. The first kappa shape index (κ1) is 22.6. The Morgan fingerprint density at radius 3 is 2.21 bits per heavy atom. The average molecular weight is 450 g/mol. The Morgan fingerprint density at radius 2 is 1.64 bits per heavy atom. The summed E-state index contributed by atoms with van der Waals surface area (Å²) in [5, 5.41) is 20.3. The number of hydrogen-bond acceptors (Lipinski definition) is 7. The molecule has 1 N–H and O–H groups in total. The van der Waals surface area contributed by atoms with Gasteiger partial charge >= 0.3 is 0 Å². The zero-order valence-corrected chi connectivity index (χ0v) is 18.7. The molecule has 2 aromatic rings. The number of aliphatic hydroxyl groups excluding tert-OH is 1. The van der Waals surface area contributed by atoms with Gasteiger partial charge in [0, 0.05) is 44.9 Å². The number of carbonyl (C=O) groups is 2. The van der Waals surface area contributed by atoms with Gasteiger partial charge in [-0.2, -0.15) is 0 Å². The van der Waals surface area contributed by atoms with Gasteiger partial charge in [0.2, 0.25) is 0 Å². The van der Waals surface area contributed by atoms with Crippen LogP contribution in [0.3, 0.4) is 0 Å². The second-order valence-electron chi connectivity index (χ2n) is 8.32. The summed E-state index contributed by atoms with van der Waals surface area (Å²) in [5.74, 6) is -0.829. The number of rotatable bonds is 6. The first-order chi connectivity index (χ1) is 15.8. The third-order valence-corrected chi connectivity index (χ3v) is 6.12. The van der Waals surface area contributed by atoms with E-state index in [1.165, 1.54) is 29.2 Å². The maximum absolute atomic E-state index is 13.7.